The van der Waals surface area contributed by atoms with Crippen molar-refractivity contribution in [2.75, 3.05) is 25.1 Å². The predicted octanol–water partition coefficient (Wildman–Crippen LogP) is 3.17. The smallest absolute Gasteiger partial charge is 0.225 e. The lowest BCUT2D eigenvalue weighted by Crippen LogP contribution is -2.34. The van der Waals surface area contributed by atoms with Gasteiger partial charge in [-0.2, -0.15) is 11.8 Å². The molecule has 1 saturated carbocycles. The van der Waals surface area contributed by atoms with Crippen molar-refractivity contribution in [3.63, 3.8) is 0 Å². The summed E-state index contributed by atoms with van der Waals surface area (Å²) in [6.07, 6.45) is 10.9. The van der Waals surface area contributed by atoms with Crippen LogP contribution in [0.3, 0.4) is 0 Å². The molecule has 1 heterocycles. The zero-order valence-corrected chi connectivity index (χ0v) is 11.8. The molecule has 1 unspecified atom stereocenters. The molecule has 1 aliphatic carbocycles. The van der Waals surface area contributed by atoms with Gasteiger partial charge in [-0.3, -0.25) is 4.79 Å². The molecule has 0 aromatic heterocycles. The van der Waals surface area contributed by atoms with Crippen molar-refractivity contribution in [2.24, 2.45) is 11.8 Å². The highest BCUT2D eigenvalue weighted by molar-refractivity contribution is 7.98. The second kappa shape index (κ2) is 6.67. The summed E-state index contributed by atoms with van der Waals surface area (Å²) in [6.45, 7) is 2.04. The van der Waals surface area contributed by atoms with Crippen LogP contribution in [0.5, 0.6) is 0 Å². The molecule has 1 atom stereocenters. The Labute approximate surface area is 110 Å². The molecule has 0 radical (unpaired) electrons. The first-order valence-electron chi connectivity index (χ1n) is 7.09. The number of amides is 1. The minimum absolute atomic E-state index is 0.352. The van der Waals surface area contributed by atoms with Crippen molar-refractivity contribution < 1.29 is 4.79 Å². The maximum atomic E-state index is 12.4. The van der Waals surface area contributed by atoms with Gasteiger partial charge in [0.1, 0.15) is 0 Å². The number of carbonyl (C=O) groups excluding carboxylic acids is 1. The highest BCUT2D eigenvalue weighted by atomic mass is 32.2. The van der Waals surface area contributed by atoms with Gasteiger partial charge in [0.05, 0.1) is 0 Å². The molecule has 0 bridgehead atoms. The Kier molecular flexibility index (Phi) is 5.20. The number of nitrogens with zero attached hydrogens (tertiary/aromatic N) is 1. The molecule has 0 aromatic rings. The van der Waals surface area contributed by atoms with Crippen molar-refractivity contribution in [1.82, 2.24) is 4.90 Å². The van der Waals surface area contributed by atoms with E-state index in [1.54, 1.807) is 0 Å². The Bertz CT molecular complexity index is 249. The third kappa shape index (κ3) is 3.64. The quantitative estimate of drug-likeness (QED) is 0.722. The Hall–Kier alpha value is -0.180. The molecular weight excluding hydrogens is 230 g/mol. The first-order valence-corrected chi connectivity index (χ1v) is 8.48. The van der Waals surface area contributed by atoms with E-state index in [0.29, 0.717) is 11.8 Å². The molecule has 0 aromatic carbocycles. The van der Waals surface area contributed by atoms with E-state index in [1.165, 1.54) is 37.9 Å². The molecule has 1 saturated heterocycles. The summed E-state index contributed by atoms with van der Waals surface area (Å²) in [5, 5.41) is 0. The number of hydrogen-bond donors (Lipinski definition) is 0. The zero-order valence-electron chi connectivity index (χ0n) is 11.0. The molecule has 98 valence electrons. The molecule has 0 N–H and O–H groups in total. The van der Waals surface area contributed by atoms with Gasteiger partial charge >= 0.3 is 0 Å². The van der Waals surface area contributed by atoms with E-state index in [2.05, 4.69) is 11.2 Å². The van der Waals surface area contributed by atoms with Crippen LogP contribution in [-0.2, 0) is 4.79 Å². The largest absolute Gasteiger partial charge is 0.342 e. The maximum Gasteiger partial charge on any atom is 0.225 e. The highest BCUT2D eigenvalue weighted by Gasteiger charge is 2.30. The van der Waals surface area contributed by atoms with Crippen LogP contribution in [0.2, 0.25) is 0 Å². The van der Waals surface area contributed by atoms with Gasteiger partial charge in [-0.25, -0.2) is 0 Å². The maximum absolute atomic E-state index is 12.4. The van der Waals surface area contributed by atoms with E-state index < -0.39 is 0 Å². The van der Waals surface area contributed by atoms with Crippen molar-refractivity contribution in [3.8, 4) is 0 Å². The van der Waals surface area contributed by atoms with Crippen LogP contribution in [0, 0.1) is 11.8 Å². The van der Waals surface area contributed by atoms with E-state index in [9.17, 15) is 4.79 Å². The van der Waals surface area contributed by atoms with E-state index in [1.807, 2.05) is 11.8 Å². The van der Waals surface area contributed by atoms with Gasteiger partial charge in [0.25, 0.3) is 0 Å². The van der Waals surface area contributed by atoms with Crippen LogP contribution in [0.4, 0.5) is 0 Å². The van der Waals surface area contributed by atoms with E-state index in [4.69, 9.17) is 0 Å². The van der Waals surface area contributed by atoms with Crippen LogP contribution >= 0.6 is 11.8 Å². The molecule has 1 amide bonds. The molecule has 2 aliphatic rings. The molecule has 2 nitrogen and oxygen atoms in total. The Morgan fingerprint density at radius 2 is 1.88 bits per heavy atom. The number of carbonyl (C=O) groups is 1. The summed E-state index contributed by atoms with van der Waals surface area (Å²) in [5.41, 5.74) is 0. The normalized spacial score (nSPS) is 27.1. The molecule has 0 spiro atoms. The number of hydrogen-bond acceptors (Lipinski definition) is 2. The van der Waals surface area contributed by atoms with E-state index in [0.717, 1.165) is 31.8 Å². The molecule has 2 rings (SSSR count). The average Bonchev–Trinajstić information content (AvgIpc) is 2.64. The third-order valence-corrected chi connectivity index (χ3v) is 5.01. The summed E-state index contributed by atoms with van der Waals surface area (Å²) in [7, 11) is 0. The first-order chi connectivity index (χ1) is 8.31. The fraction of sp³-hybridized carbons (Fsp3) is 0.929. The third-order valence-electron chi connectivity index (χ3n) is 4.20. The van der Waals surface area contributed by atoms with Crippen LogP contribution < -0.4 is 0 Å². The zero-order chi connectivity index (χ0) is 12.1. The molecule has 17 heavy (non-hydrogen) atoms. The van der Waals surface area contributed by atoms with Crippen molar-refractivity contribution >= 4 is 17.7 Å². The lowest BCUT2D eigenvalue weighted by atomic mass is 9.99. The van der Waals surface area contributed by atoms with Gasteiger partial charge in [0.15, 0.2) is 0 Å². The van der Waals surface area contributed by atoms with Crippen molar-refractivity contribution in [3.05, 3.63) is 0 Å². The van der Waals surface area contributed by atoms with Crippen LogP contribution in [0.15, 0.2) is 0 Å². The number of rotatable bonds is 3. The van der Waals surface area contributed by atoms with E-state index >= 15 is 0 Å². The topological polar surface area (TPSA) is 20.3 Å². The average molecular weight is 255 g/mol. The van der Waals surface area contributed by atoms with Crippen molar-refractivity contribution in [2.45, 2.75) is 44.9 Å². The summed E-state index contributed by atoms with van der Waals surface area (Å²) >= 11 is 1.91. The molecule has 2 fully saturated rings. The SMILES string of the molecule is CSCC1CCN(C(=O)C2CCCCCC2)C1. The predicted molar refractivity (Wildman–Crippen MR) is 74.3 cm³/mol. The fourth-order valence-electron chi connectivity index (χ4n) is 3.19. The van der Waals surface area contributed by atoms with Gasteiger partial charge < -0.3 is 4.90 Å². The molecule has 1 aliphatic heterocycles. The van der Waals surface area contributed by atoms with Crippen molar-refractivity contribution in [1.29, 1.82) is 0 Å². The van der Waals surface area contributed by atoms with Gasteiger partial charge in [-0.05, 0) is 37.2 Å². The lowest BCUT2D eigenvalue weighted by molar-refractivity contribution is -0.135. The number of thioether (sulfide) groups is 1. The minimum Gasteiger partial charge on any atom is -0.342 e. The second-order valence-corrected chi connectivity index (χ2v) is 6.49. The Balaban J connectivity index is 1.83. The molecular formula is C14H25NOS. The van der Waals surface area contributed by atoms with Gasteiger partial charge in [0.2, 0.25) is 5.91 Å². The summed E-state index contributed by atoms with van der Waals surface area (Å²) in [6, 6.07) is 0. The minimum atomic E-state index is 0.352. The number of likely N-dealkylation sites (tertiary alicyclic amines) is 1. The summed E-state index contributed by atoms with van der Waals surface area (Å²) in [4.78, 5) is 14.6. The molecule has 3 heteroatoms. The first kappa shape index (κ1) is 13.3. The van der Waals surface area contributed by atoms with Crippen LogP contribution in [0.1, 0.15) is 44.9 Å². The Morgan fingerprint density at radius 3 is 2.53 bits per heavy atom. The van der Waals surface area contributed by atoms with Gasteiger partial charge in [-0.1, -0.05) is 25.7 Å². The standard InChI is InChI=1S/C14H25NOS/c1-17-11-12-8-9-15(10-12)14(16)13-6-4-2-3-5-7-13/h12-13H,2-11H2,1H3. The lowest BCUT2D eigenvalue weighted by Gasteiger charge is -2.22. The monoisotopic (exact) mass is 255 g/mol. The summed E-state index contributed by atoms with van der Waals surface area (Å²) < 4.78 is 0. The fourth-order valence-corrected chi connectivity index (χ4v) is 3.93. The summed E-state index contributed by atoms with van der Waals surface area (Å²) in [5.74, 6) is 2.79. The second-order valence-electron chi connectivity index (χ2n) is 5.58. The highest BCUT2D eigenvalue weighted by Crippen LogP contribution is 2.27. The van der Waals surface area contributed by atoms with Crippen LogP contribution in [-0.4, -0.2) is 35.9 Å². The van der Waals surface area contributed by atoms with Crippen LogP contribution in [0.25, 0.3) is 0 Å². The van der Waals surface area contributed by atoms with Gasteiger partial charge in [0, 0.05) is 19.0 Å². The van der Waals surface area contributed by atoms with E-state index in [-0.39, 0.29) is 0 Å². The van der Waals surface area contributed by atoms with Gasteiger partial charge in [-0.15, -0.1) is 0 Å². The Morgan fingerprint density at radius 1 is 1.18 bits per heavy atom.